The van der Waals surface area contributed by atoms with Gasteiger partial charge in [0.05, 0.1) is 0 Å². The van der Waals surface area contributed by atoms with Crippen LogP contribution in [0.4, 0.5) is 5.82 Å². The van der Waals surface area contributed by atoms with Gasteiger partial charge in [-0.2, -0.15) is 0 Å². The van der Waals surface area contributed by atoms with Crippen LogP contribution in [0.25, 0.3) is 0 Å². The van der Waals surface area contributed by atoms with Crippen molar-refractivity contribution in [3.8, 4) is 0 Å². The second-order valence-corrected chi connectivity index (χ2v) is 4.75. The standard InChI is InChI=1S/C13H22N4O2/c1-5-6-17(8-7-16(3)4)12-11(13(18)19)9-14-10(2)15-12/h9H,5-8H2,1-4H3,(H,18,19). The number of nitrogens with zero attached hydrogens (tertiary/aromatic N) is 4. The number of likely N-dealkylation sites (N-methyl/N-ethyl adjacent to an activating group) is 1. The number of rotatable bonds is 7. The van der Waals surface area contributed by atoms with Crippen LogP contribution >= 0.6 is 0 Å². The molecule has 106 valence electrons. The highest BCUT2D eigenvalue weighted by molar-refractivity contribution is 5.92. The summed E-state index contributed by atoms with van der Waals surface area (Å²) in [5, 5.41) is 9.23. The lowest BCUT2D eigenvalue weighted by atomic mass is 10.2. The van der Waals surface area contributed by atoms with Gasteiger partial charge in [0.2, 0.25) is 0 Å². The molecule has 0 amide bonds. The van der Waals surface area contributed by atoms with Gasteiger partial charge < -0.3 is 14.9 Å². The molecule has 0 unspecified atom stereocenters. The summed E-state index contributed by atoms with van der Waals surface area (Å²) in [6.07, 6.45) is 2.33. The summed E-state index contributed by atoms with van der Waals surface area (Å²) in [4.78, 5) is 23.6. The van der Waals surface area contributed by atoms with Gasteiger partial charge in [0.25, 0.3) is 0 Å². The molecule has 0 spiro atoms. The Hall–Kier alpha value is -1.69. The van der Waals surface area contributed by atoms with E-state index >= 15 is 0 Å². The number of aryl methyl sites for hydroxylation is 1. The average Bonchev–Trinajstić information content (AvgIpc) is 2.33. The molecule has 1 heterocycles. The summed E-state index contributed by atoms with van der Waals surface area (Å²) in [6.45, 7) is 6.21. The summed E-state index contributed by atoms with van der Waals surface area (Å²) >= 11 is 0. The van der Waals surface area contributed by atoms with E-state index in [1.54, 1.807) is 6.92 Å². The normalized spacial score (nSPS) is 10.8. The predicted molar refractivity (Wildman–Crippen MR) is 74.8 cm³/mol. The SMILES string of the molecule is CCCN(CCN(C)C)c1nc(C)ncc1C(=O)O. The van der Waals surface area contributed by atoms with Crippen LogP contribution < -0.4 is 4.90 Å². The molecule has 6 heteroatoms. The number of hydrogen-bond donors (Lipinski definition) is 1. The van der Waals surface area contributed by atoms with Crippen LogP contribution in [0, 0.1) is 6.92 Å². The van der Waals surface area contributed by atoms with Crippen LogP contribution in [0.2, 0.25) is 0 Å². The molecule has 0 saturated carbocycles. The van der Waals surface area contributed by atoms with Crippen molar-refractivity contribution in [2.75, 3.05) is 38.6 Å². The van der Waals surface area contributed by atoms with Crippen molar-refractivity contribution < 1.29 is 9.90 Å². The molecule has 0 bridgehead atoms. The lowest BCUT2D eigenvalue weighted by Gasteiger charge is -2.26. The van der Waals surface area contributed by atoms with Gasteiger partial charge >= 0.3 is 5.97 Å². The Morgan fingerprint density at radius 2 is 2.00 bits per heavy atom. The van der Waals surface area contributed by atoms with Gasteiger partial charge in [0, 0.05) is 25.8 Å². The van der Waals surface area contributed by atoms with Crippen molar-refractivity contribution in [3.05, 3.63) is 17.6 Å². The van der Waals surface area contributed by atoms with Gasteiger partial charge in [-0.15, -0.1) is 0 Å². The van der Waals surface area contributed by atoms with E-state index in [0.717, 1.165) is 26.1 Å². The lowest BCUT2D eigenvalue weighted by Crippen LogP contribution is -2.34. The first-order valence-electron chi connectivity index (χ1n) is 6.42. The zero-order chi connectivity index (χ0) is 14.4. The summed E-state index contributed by atoms with van der Waals surface area (Å²) < 4.78 is 0. The van der Waals surface area contributed by atoms with Crippen molar-refractivity contribution in [2.45, 2.75) is 20.3 Å². The van der Waals surface area contributed by atoms with E-state index < -0.39 is 5.97 Å². The minimum absolute atomic E-state index is 0.165. The number of carboxylic acid groups (broad SMARTS) is 1. The average molecular weight is 266 g/mol. The van der Waals surface area contributed by atoms with Crippen molar-refractivity contribution in [3.63, 3.8) is 0 Å². The molecule has 0 aliphatic heterocycles. The third-order valence-electron chi connectivity index (χ3n) is 2.73. The summed E-state index contributed by atoms with van der Waals surface area (Å²) in [6, 6.07) is 0. The van der Waals surface area contributed by atoms with Crippen LogP contribution in [0.5, 0.6) is 0 Å². The van der Waals surface area contributed by atoms with E-state index in [-0.39, 0.29) is 5.56 Å². The quantitative estimate of drug-likeness (QED) is 0.801. The molecule has 0 aromatic carbocycles. The van der Waals surface area contributed by atoms with Gasteiger partial charge in [-0.1, -0.05) is 6.92 Å². The number of anilines is 1. The van der Waals surface area contributed by atoms with E-state index in [1.165, 1.54) is 6.20 Å². The van der Waals surface area contributed by atoms with E-state index in [4.69, 9.17) is 0 Å². The highest BCUT2D eigenvalue weighted by atomic mass is 16.4. The van der Waals surface area contributed by atoms with Gasteiger partial charge in [0.1, 0.15) is 17.2 Å². The largest absolute Gasteiger partial charge is 0.477 e. The van der Waals surface area contributed by atoms with E-state index in [9.17, 15) is 9.90 Å². The molecule has 1 aromatic heterocycles. The second kappa shape index (κ2) is 7.04. The molecular formula is C13H22N4O2. The molecule has 19 heavy (non-hydrogen) atoms. The first kappa shape index (κ1) is 15.4. The third-order valence-corrected chi connectivity index (χ3v) is 2.73. The van der Waals surface area contributed by atoms with Crippen molar-refractivity contribution in [1.82, 2.24) is 14.9 Å². The molecule has 1 rings (SSSR count). The fourth-order valence-electron chi connectivity index (χ4n) is 1.76. The minimum Gasteiger partial charge on any atom is -0.477 e. The smallest absolute Gasteiger partial charge is 0.341 e. The fourth-order valence-corrected chi connectivity index (χ4v) is 1.76. The zero-order valence-electron chi connectivity index (χ0n) is 12.1. The van der Waals surface area contributed by atoms with E-state index in [0.29, 0.717) is 11.6 Å². The van der Waals surface area contributed by atoms with Gasteiger partial charge in [-0.25, -0.2) is 14.8 Å². The Bertz CT molecular complexity index is 435. The number of aromatic carboxylic acids is 1. The molecular weight excluding hydrogens is 244 g/mol. The van der Waals surface area contributed by atoms with Crippen LogP contribution in [0.3, 0.4) is 0 Å². The molecule has 1 N–H and O–H groups in total. The molecule has 0 fully saturated rings. The van der Waals surface area contributed by atoms with Crippen LogP contribution in [-0.2, 0) is 0 Å². The maximum atomic E-state index is 11.3. The van der Waals surface area contributed by atoms with Crippen LogP contribution in [0.1, 0.15) is 29.5 Å². The zero-order valence-corrected chi connectivity index (χ0v) is 12.1. The minimum atomic E-state index is -0.985. The van der Waals surface area contributed by atoms with Gasteiger partial charge in [0.15, 0.2) is 0 Å². The van der Waals surface area contributed by atoms with Crippen molar-refractivity contribution >= 4 is 11.8 Å². The first-order valence-corrected chi connectivity index (χ1v) is 6.42. The fraction of sp³-hybridized carbons (Fsp3) is 0.615. The Kier molecular flexibility index (Phi) is 5.69. The van der Waals surface area contributed by atoms with Crippen molar-refractivity contribution in [1.29, 1.82) is 0 Å². The summed E-state index contributed by atoms with van der Waals surface area (Å²) in [5.74, 6) is 0.121. The molecule has 0 atom stereocenters. The molecule has 0 aliphatic carbocycles. The van der Waals surface area contributed by atoms with Gasteiger partial charge in [-0.05, 0) is 27.4 Å². The Balaban J connectivity index is 3.05. The van der Waals surface area contributed by atoms with Crippen LogP contribution in [0.15, 0.2) is 6.20 Å². The number of carboxylic acids is 1. The molecule has 1 aromatic rings. The third kappa shape index (κ3) is 4.48. The topological polar surface area (TPSA) is 69.6 Å². The molecule has 6 nitrogen and oxygen atoms in total. The summed E-state index contributed by atoms with van der Waals surface area (Å²) in [7, 11) is 3.99. The van der Waals surface area contributed by atoms with Crippen molar-refractivity contribution in [2.24, 2.45) is 0 Å². The number of hydrogen-bond acceptors (Lipinski definition) is 5. The number of carbonyl (C=O) groups is 1. The van der Waals surface area contributed by atoms with E-state index in [2.05, 4.69) is 21.8 Å². The lowest BCUT2D eigenvalue weighted by molar-refractivity contribution is 0.0696. The maximum Gasteiger partial charge on any atom is 0.341 e. The molecule has 0 saturated heterocycles. The van der Waals surface area contributed by atoms with E-state index in [1.807, 2.05) is 19.0 Å². The highest BCUT2D eigenvalue weighted by Crippen LogP contribution is 2.17. The summed E-state index contributed by atoms with van der Waals surface area (Å²) in [5.41, 5.74) is 0.165. The first-order chi connectivity index (χ1) is 8.95. The molecule has 0 radical (unpaired) electrons. The Morgan fingerprint density at radius 3 is 2.53 bits per heavy atom. The highest BCUT2D eigenvalue weighted by Gasteiger charge is 2.18. The second-order valence-electron chi connectivity index (χ2n) is 4.75. The molecule has 0 aliphatic rings. The number of aromatic nitrogens is 2. The van der Waals surface area contributed by atoms with Gasteiger partial charge in [-0.3, -0.25) is 0 Å². The Labute approximate surface area is 114 Å². The maximum absolute atomic E-state index is 11.3. The Morgan fingerprint density at radius 1 is 1.32 bits per heavy atom. The monoisotopic (exact) mass is 266 g/mol. The van der Waals surface area contributed by atoms with Crippen LogP contribution in [-0.4, -0.2) is 59.7 Å². The predicted octanol–water partition coefficient (Wildman–Crippen LogP) is 1.26.